The van der Waals surface area contributed by atoms with Crippen LogP contribution in [0.25, 0.3) is 0 Å². The van der Waals surface area contributed by atoms with Crippen molar-refractivity contribution in [1.82, 2.24) is 10.6 Å². The fourth-order valence-corrected chi connectivity index (χ4v) is 1.90. The Labute approximate surface area is 106 Å². The standard InChI is InChI=1S/C13H18N2O3/c1-17-12-4-2-3-10(7-12)9-18-13(16)15-11-5-6-14-8-11/h2-4,7,11,14H,5-6,8-9H2,1H3,(H,15,16). The van der Waals surface area contributed by atoms with Gasteiger partial charge in [-0.2, -0.15) is 0 Å². The Morgan fingerprint density at radius 1 is 1.56 bits per heavy atom. The quantitative estimate of drug-likeness (QED) is 0.845. The molecule has 1 aliphatic rings. The molecule has 0 saturated carbocycles. The molecule has 0 aliphatic carbocycles. The van der Waals surface area contributed by atoms with E-state index in [2.05, 4.69) is 10.6 Å². The van der Waals surface area contributed by atoms with Gasteiger partial charge in [-0.3, -0.25) is 0 Å². The third-order valence-electron chi connectivity index (χ3n) is 2.89. The molecular weight excluding hydrogens is 232 g/mol. The number of amides is 1. The molecule has 1 saturated heterocycles. The zero-order chi connectivity index (χ0) is 12.8. The van der Waals surface area contributed by atoms with E-state index in [4.69, 9.17) is 9.47 Å². The first-order chi connectivity index (χ1) is 8.78. The van der Waals surface area contributed by atoms with Gasteiger partial charge in [0.05, 0.1) is 7.11 Å². The zero-order valence-electron chi connectivity index (χ0n) is 10.4. The Hall–Kier alpha value is -1.75. The number of alkyl carbamates (subject to hydrolysis) is 1. The lowest BCUT2D eigenvalue weighted by atomic mass is 10.2. The summed E-state index contributed by atoms with van der Waals surface area (Å²) in [5.74, 6) is 0.761. The SMILES string of the molecule is COc1cccc(COC(=O)NC2CCNC2)c1. The number of hydrogen-bond acceptors (Lipinski definition) is 4. The molecule has 5 nitrogen and oxygen atoms in total. The number of nitrogens with one attached hydrogen (secondary N) is 2. The molecule has 0 radical (unpaired) electrons. The predicted octanol–water partition coefficient (Wildman–Crippen LogP) is 1.28. The van der Waals surface area contributed by atoms with Crippen LogP contribution in [-0.2, 0) is 11.3 Å². The first kappa shape index (κ1) is 12.7. The fraction of sp³-hybridized carbons (Fsp3) is 0.462. The monoisotopic (exact) mass is 250 g/mol. The Bertz CT molecular complexity index is 403. The third-order valence-corrected chi connectivity index (χ3v) is 2.89. The molecule has 0 bridgehead atoms. The molecule has 5 heteroatoms. The van der Waals surface area contributed by atoms with Gasteiger partial charge in [0.25, 0.3) is 0 Å². The highest BCUT2D eigenvalue weighted by molar-refractivity contribution is 5.67. The van der Waals surface area contributed by atoms with Crippen molar-refractivity contribution < 1.29 is 14.3 Å². The number of methoxy groups -OCH3 is 1. The molecule has 1 heterocycles. The Morgan fingerprint density at radius 2 is 2.44 bits per heavy atom. The highest BCUT2D eigenvalue weighted by Crippen LogP contribution is 2.13. The minimum Gasteiger partial charge on any atom is -0.497 e. The maximum Gasteiger partial charge on any atom is 0.407 e. The summed E-state index contributed by atoms with van der Waals surface area (Å²) in [7, 11) is 1.61. The van der Waals surface area contributed by atoms with Gasteiger partial charge in [0.1, 0.15) is 12.4 Å². The summed E-state index contributed by atoms with van der Waals surface area (Å²) >= 11 is 0. The zero-order valence-corrected chi connectivity index (χ0v) is 10.4. The molecule has 2 rings (SSSR count). The maximum absolute atomic E-state index is 11.5. The van der Waals surface area contributed by atoms with Gasteiger partial charge in [0, 0.05) is 12.6 Å². The molecule has 1 fully saturated rings. The molecule has 98 valence electrons. The second-order valence-corrected chi connectivity index (χ2v) is 4.26. The van der Waals surface area contributed by atoms with Gasteiger partial charge in [-0.05, 0) is 30.7 Å². The van der Waals surface area contributed by atoms with Crippen LogP contribution >= 0.6 is 0 Å². The van der Waals surface area contributed by atoms with E-state index in [1.165, 1.54) is 0 Å². The smallest absolute Gasteiger partial charge is 0.407 e. The van der Waals surface area contributed by atoms with Crippen molar-refractivity contribution in [2.45, 2.75) is 19.1 Å². The number of carbonyl (C=O) groups is 1. The number of ether oxygens (including phenoxy) is 2. The number of rotatable bonds is 4. The highest BCUT2D eigenvalue weighted by atomic mass is 16.5. The molecule has 1 aromatic carbocycles. The van der Waals surface area contributed by atoms with Crippen molar-refractivity contribution in [3.05, 3.63) is 29.8 Å². The molecule has 1 aromatic rings. The molecule has 18 heavy (non-hydrogen) atoms. The largest absolute Gasteiger partial charge is 0.497 e. The van der Waals surface area contributed by atoms with Gasteiger partial charge in [0.2, 0.25) is 0 Å². The van der Waals surface area contributed by atoms with Crippen molar-refractivity contribution in [3.63, 3.8) is 0 Å². The summed E-state index contributed by atoms with van der Waals surface area (Å²) in [5, 5.41) is 6.00. The van der Waals surface area contributed by atoms with Crippen molar-refractivity contribution in [2.24, 2.45) is 0 Å². The summed E-state index contributed by atoms with van der Waals surface area (Å²) < 4.78 is 10.3. The maximum atomic E-state index is 11.5. The third kappa shape index (κ3) is 3.63. The molecule has 0 aromatic heterocycles. The van der Waals surface area contributed by atoms with E-state index >= 15 is 0 Å². The van der Waals surface area contributed by atoms with E-state index in [0.717, 1.165) is 30.8 Å². The van der Waals surface area contributed by atoms with Crippen LogP contribution in [0.4, 0.5) is 4.79 Å². The first-order valence-electron chi connectivity index (χ1n) is 6.05. The van der Waals surface area contributed by atoms with E-state index in [1.807, 2.05) is 24.3 Å². The summed E-state index contributed by atoms with van der Waals surface area (Å²) in [5.41, 5.74) is 0.911. The predicted molar refractivity (Wildman–Crippen MR) is 67.6 cm³/mol. The van der Waals surface area contributed by atoms with Crippen LogP contribution < -0.4 is 15.4 Å². The van der Waals surface area contributed by atoms with Crippen molar-refractivity contribution in [3.8, 4) is 5.75 Å². The summed E-state index contributed by atoms with van der Waals surface area (Å²) in [4.78, 5) is 11.5. The van der Waals surface area contributed by atoms with Gasteiger partial charge >= 0.3 is 6.09 Å². The van der Waals surface area contributed by atoms with Gasteiger partial charge in [-0.1, -0.05) is 12.1 Å². The lowest BCUT2D eigenvalue weighted by molar-refractivity contribution is 0.136. The normalized spacial score (nSPS) is 18.4. The number of carbonyl (C=O) groups excluding carboxylic acids is 1. The Balaban J connectivity index is 1.77. The lowest BCUT2D eigenvalue weighted by Gasteiger charge is -2.12. The highest BCUT2D eigenvalue weighted by Gasteiger charge is 2.17. The summed E-state index contributed by atoms with van der Waals surface area (Å²) in [6, 6.07) is 7.66. The van der Waals surface area contributed by atoms with Crippen molar-refractivity contribution in [2.75, 3.05) is 20.2 Å². The molecule has 1 amide bonds. The number of hydrogen-bond donors (Lipinski definition) is 2. The Morgan fingerprint density at radius 3 is 3.17 bits per heavy atom. The van der Waals surface area contributed by atoms with Crippen LogP contribution in [0, 0.1) is 0 Å². The lowest BCUT2D eigenvalue weighted by Crippen LogP contribution is -2.36. The van der Waals surface area contributed by atoms with Gasteiger partial charge in [-0.15, -0.1) is 0 Å². The minimum atomic E-state index is -0.369. The average molecular weight is 250 g/mol. The van der Waals surface area contributed by atoms with Crippen LogP contribution in [-0.4, -0.2) is 32.3 Å². The molecule has 2 N–H and O–H groups in total. The number of benzene rings is 1. The van der Waals surface area contributed by atoms with E-state index in [1.54, 1.807) is 7.11 Å². The summed E-state index contributed by atoms with van der Waals surface area (Å²) in [6.07, 6.45) is 0.584. The van der Waals surface area contributed by atoms with Crippen LogP contribution in [0.3, 0.4) is 0 Å². The molecule has 1 atom stereocenters. The minimum absolute atomic E-state index is 0.183. The van der Waals surface area contributed by atoms with E-state index in [-0.39, 0.29) is 18.7 Å². The molecule has 1 aliphatic heterocycles. The van der Waals surface area contributed by atoms with E-state index in [9.17, 15) is 4.79 Å². The first-order valence-corrected chi connectivity index (χ1v) is 6.05. The van der Waals surface area contributed by atoms with Gasteiger partial charge < -0.3 is 20.1 Å². The van der Waals surface area contributed by atoms with Crippen molar-refractivity contribution in [1.29, 1.82) is 0 Å². The topological polar surface area (TPSA) is 59.6 Å². The second-order valence-electron chi connectivity index (χ2n) is 4.26. The van der Waals surface area contributed by atoms with Crippen LogP contribution in [0.15, 0.2) is 24.3 Å². The molecule has 0 spiro atoms. The summed E-state index contributed by atoms with van der Waals surface area (Å²) in [6.45, 7) is 2.01. The second kappa shape index (κ2) is 6.26. The van der Waals surface area contributed by atoms with Gasteiger partial charge in [0.15, 0.2) is 0 Å². The van der Waals surface area contributed by atoms with Crippen LogP contribution in [0.1, 0.15) is 12.0 Å². The van der Waals surface area contributed by atoms with Crippen molar-refractivity contribution >= 4 is 6.09 Å². The van der Waals surface area contributed by atoms with E-state index < -0.39 is 0 Å². The Kier molecular flexibility index (Phi) is 4.41. The van der Waals surface area contributed by atoms with E-state index in [0.29, 0.717) is 0 Å². The fourth-order valence-electron chi connectivity index (χ4n) is 1.90. The van der Waals surface area contributed by atoms with Crippen LogP contribution in [0.5, 0.6) is 5.75 Å². The van der Waals surface area contributed by atoms with Gasteiger partial charge in [-0.25, -0.2) is 4.79 Å². The van der Waals surface area contributed by atoms with Crippen LogP contribution in [0.2, 0.25) is 0 Å². The molecule has 1 unspecified atom stereocenters. The molecular formula is C13H18N2O3. The average Bonchev–Trinajstić information content (AvgIpc) is 2.89.